The minimum absolute atomic E-state index is 0.150. The average molecular weight is 663 g/mol. The first kappa shape index (κ1) is 38.3. The van der Waals surface area contributed by atoms with Gasteiger partial charge in [-0.05, 0) is 81.2 Å². The zero-order valence-corrected chi connectivity index (χ0v) is 30.3. The quantitative estimate of drug-likeness (QED) is 0.124. The van der Waals surface area contributed by atoms with Gasteiger partial charge >= 0.3 is 22.8 Å². The number of rotatable bonds is 12. The molecule has 0 saturated carbocycles. The maximum atomic E-state index is 13.7. The Morgan fingerprint density at radius 3 is 0.977 bits per heavy atom. The molecular formula is C31H53O9P3. The minimum Gasteiger partial charge on any atom is -0.324 e. The van der Waals surface area contributed by atoms with E-state index in [2.05, 4.69) is 0 Å². The van der Waals surface area contributed by atoms with Crippen LogP contribution >= 0.6 is 22.8 Å². The molecule has 9 nitrogen and oxygen atoms in total. The van der Waals surface area contributed by atoms with E-state index in [0.717, 1.165) is 0 Å². The first-order chi connectivity index (χ1) is 19.2. The van der Waals surface area contributed by atoms with Crippen molar-refractivity contribution in [1.82, 2.24) is 0 Å². The van der Waals surface area contributed by atoms with Crippen LogP contribution in [0.5, 0.6) is 0 Å². The van der Waals surface area contributed by atoms with Gasteiger partial charge in [0.1, 0.15) is 15.5 Å². The van der Waals surface area contributed by atoms with Gasteiger partial charge in [-0.3, -0.25) is 13.7 Å². The fourth-order valence-corrected chi connectivity index (χ4v) is 14.1. The van der Waals surface area contributed by atoms with Gasteiger partial charge in [-0.1, -0.05) is 95.2 Å². The molecule has 0 fully saturated rings. The molecule has 0 aliphatic heterocycles. The van der Waals surface area contributed by atoms with Crippen LogP contribution in [-0.2, 0) is 29.2 Å². The molecule has 43 heavy (non-hydrogen) atoms. The molecule has 0 heterocycles. The summed E-state index contributed by atoms with van der Waals surface area (Å²) in [7, 11) is -14.7. The number of fused-ring (bicyclic) bond motifs is 1. The molecule has 6 N–H and O–H groups in total. The third-order valence-electron chi connectivity index (χ3n) is 10.0. The van der Waals surface area contributed by atoms with Crippen molar-refractivity contribution in [1.29, 1.82) is 0 Å². The second-order valence-corrected chi connectivity index (χ2v) is 19.5. The highest BCUT2D eigenvalue weighted by Gasteiger charge is 2.60. The van der Waals surface area contributed by atoms with Crippen molar-refractivity contribution in [3.63, 3.8) is 0 Å². The molecule has 0 bridgehead atoms. The van der Waals surface area contributed by atoms with Gasteiger partial charge in [-0.25, -0.2) is 0 Å². The predicted molar refractivity (Wildman–Crippen MR) is 174 cm³/mol. The molecule has 2 aromatic carbocycles. The first-order valence-electron chi connectivity index (χ1n) is 15.0. The van der Waals surface area contributed by atoms with Crippen LogP contribution in [0.25, 0.3) is 10.8 Å². The molecule has 0 spiro atoms. The third kappa shape index (κ3) is 5.70. The van der Waals surface area contributed by atoms with Crippen LogP contribution in [0.2, 0.25) is 0 Å². The standard InChI is InChI=1S/C31H53O9P3/c1-18(2)29(19(3)4,41(32,33)34)26-14-13-24-16-27(30(20(5)6,21(7)8)42(35,36)37)28(17-25(24)15-26)31(22(9)10,23(11)12)43(38,39)40/h13-23H,1-12H3,(H2,32,33,34)(H2,35,36,37)(H2,38,39,40). The highest BCUT2D eigenvalue weighted by atomic mass is 31.2. The fraction of sp³-hybridized carbons (Fsp3) is 0.677. The summed E-state index contributed by atoms with van der Waals surface area (Å²) in [5.74, 6) is -3.48. The predicted octanol–water partition coefficient (Wildman–Crippen LogP) is 7.89. The number of benzene rings is 2. The molecule has 0 saturated heterocycles. The lowest BCUT2D eigenvalue weighted by atomic mass is 9.69. The second kappa shape index (κ2) is 12.4. The fourth-order valence-electron chi connectivity index (χ4n) is 8.62. The largest absolute Gasteiger partial charge is 0.336 e. The van der Waals surface area contributed by atoms with Crippen molar-refractivity contribution in [3.05, 3.63) is 47.0 Å². The van der Waals surface area contributed by atoms with Crippen molar-refractivity contribution in [2.24, 2.45) is 35.5 Å². The zero-order chi connectivity index (χ0) is 33.9. The minimum atomic E-state index is -5.01. The van der Waals surface area contributed by atoms with Crippen molar-refractivity contribution < 1.29 is 43.1 Å². The van der Waals surface area contributed by atoms with Crippen molar-refractivity contribution >= 4 is 33.6 Å². The second-order valence-electron chi connectivity index (χ2n) is 14.0. The summed E-state index contributed by atoms with van der Waals surface area (Å²) >= 11 is 0. The molecule has 0 radical (unpaired) electrons. The summed E-state index contributed by atoms with van der Waals surface area (Å²) in [6.07, 6.45) is 0. The Hall–Kier alpha value is -0.850. The Labute approximate surface area is 257 Å². The van der Waals surface area contributed by atoms with Crippen LogP contribution in [0.4, 0.5) is 0 Å². The summed E-state index contributed by atoms with van der Waals surface area (Å²) in [5.41, 5.74) is 0.727. The van der Waals surface area contributed by atoms with E-state index in [-0.39, 0.29) is 11.1 Å². The molecule has 12 heteroatoms. The highest BCUT2D eigenvalue weighted by Crippen LogP contribution is 2.71. The van der Waals surface area contributed by atoms with Gasteiger partial charge in [0.05, 0.1) is 0 Å². The van der Waals surface area contributed by atoms with E-state index in [9.17, 15) is 43.1 Å². The summed E-state index contributed by atoms with van der Waals surface area (Å²) in [5, 5.41) is -4.14. The van der Waals surface area contributed by atoms with E-state index in [1.54, 1.807) is 113 Å². The van der Waals surface area contributed by atoms with Crippen molar-refractivity contribution in [2.45, 2.75) is 98.6 Å². The Bertz CT molecular complexity index is 1430. The van der Waals surface area contributed by atoms with Gasteiger partial charge in [0, 0.05) is 0 Å². The number of hydrogen-bond acceptors (Lipinski definition) is 3. The van der Waals surface area contributed by atoms with Crippen molar-refractivity contribution in [2.75, 3.05) is 0 Å². The van der Waals surface area contributed by atoms with E-state index >= 15 is 0 Å². The molecule has 2 aromatic rings. The first-order valence-corrected chi connectivity index (χ1v) is 19.8. The normalized spacial score (nSPS) is 14.9. The van der Waals surface area contributed by atoms with E-state index in [4.69, 9.17) is 0 Å². The van der Waals surface area contributed by atoms with Gasteiger partial charge < -0.3 is 29.4 Å². The Kier molecular flexibility index (Phi) is 11.1. The summed E-state index contributed by atoms with van der Waals surface area (Å²) in [6, 6.07) is 8.23. The molecule has 0 amide bonds. The average Bonchev–Trinajstić information content (AvgIpc) is 2.75. The molecule has 0 aliphatic carbocycles. The van der Waals surface area contributed by atoms with Crippen LogP contribution in [0.15, 0.2) is 30.3 Å². The smallest absolute Gasteiger partial charge is 0.324 e. The van der Waals surface area contributed by atoms with Crippen LogP contribution in [0.1, 0.15) is 99.8 Å². The van der Waals surface area contributed by atoms with E-state index in [0.29, 0.717) is 16.3 Å². The van der Waals surface area contributed by atoms with Crippen molar-refractivity contribution in [3.8, 4) is 0 Å². The molecule has 0 unspecified atom stereocenters. The van der Waals surface area contributed by atoms with Gasteiger partial charge in [0.25, 0.3) is 0 Å². The lowest BCUT2D eigenvalue weighted by Crippen LogP contribution is -2.44. The lowest BCUT2D eigenvalue weighted by molar-refractivity contribution is 0.217. The zero-order valence-electron chi connectivity index (χ0n) is 27.6. The topological polar surface area (TPSA) is 173 Å². The third-order valence-corrected chi connectivity index (χ3v) is 16.8. The maximum Gasteiger partial charge on any atom is 0.336 e. The molecule has 0 aliphatic rings. The van der Waals surface area contributed by atoms with Crippen LogP contribution in [0, 0.1) is 35.5 Å². The van der Waals surface area contributed by atoms with E-state index < -0.39 is 73.8 Å². The molecular weight excluding hydrogens is 609 g/mol. The van der Waals surface area contributed by atoms with Crippen LogP contribution in [-0.4, -0.2) is 29.4 Å². The Balaban J connectivity index is 3.44. The molecule has 2 rings (SSSR count). The van der Waals surface area contributed by atoms with Gasteiger partial charge in [-0.2, -0.15) is 0 Å². The SMILES string of the molecule is CC(C)C(c1ccc2cc(C(C(C)C)(C(C)C)P(=O)(O)O)c(C(C(C)C)(C(C)C)P(=O)(O)O)cc2c1)(C(C)C)P(=O)(O)O. The van der Waals surface area contributed by atoms with Gasteiger partial charge in [0.15, 0.2) is 0 Å². The van der Waals surface area contributed by atoms with E-state index in [1.165, 1.54) is 0 Å². The van der Waals surface area contributed by atoms with E-state index in [1.807, 2.05) is 0 Å². The Morgan fingerprint density at radius 1 is 0.442 bits per heavy atom. The lowest BCUT2D eigenvalue weighted by Gasteiger charge is -2.49. The molecule has 246 valence electrons. The van der Waals surface area contributed by atoms with Crippen LogP contribution in [0.3, 0.4) is 0 Å². The summed E-state index contributed by atoms with van der Waals surface area (Å²) in [4.78, 5) is 65.8. The highest BCUT2D eigenvalue weighted by molar-refractivity contribution is 7.54. The monoisotopic (exact) mass is 662 g/mol. The van der Waals surface area contributed by atoms with Gasteiger partial charge in [-0.15, -0.1) is 0 Å². The maximum absolute atomic E-state index is 13.7. The summed E-state index contributed by atoms with van der Waals surface area (Å²) < 4.78 is 40.4. The summed E-state index contributed by atoms with van der Waals surface area (Å²) in [6.45, 7) is 20.7. The number of hydrogen-bond donors (Lipinski definition) is 6. The van der Waals surface area contributed by atoms with Gasteiger partial charge in [0.2, 0.25) is 0 Å². The Morgan fingerprint density at radius 2 is 0.721 bits per heavy atom. The molecule has 0 atom stereocenters. The van der Waals surface area contributed by atoms with Crippen LogP contribution < -0.4 is 0 Å². The molecule has 0 aromatic heterocycles.